The fourth-order valence-corrected chi connectivity index (χ4v) is 3.77. The Labute approximate surface area is 116 Å². The highest BCUT2D eigenvalue weighted by Crippen LogP contribution is 2.39. The summed E-state index contributed by atoms with van der Waals surface area (Å²) >= 11 is 1.91. The van der Waals surface area contributed by atoms with Crippen LogP contribution in [0.1, 0.15) is 52.4 Å². The molecular formula is C14H28N2OS. The molecule has 0 aromatic carbocycles. The molecule has 0 aliphatic heterocycles. The summed E-state index contributed by atoms with van der Waals surface area (Å²) in [5.74, 6) is 0.148. The second-order valence-corrected chi connectivity index (χ2v) is 6.74. The fraction of sp³-hybridized carbons (Fsp3) is 0.929. The fourth-order valence-electron chi connectivity index (χ4n) is 2.85. The molecule has 0 radical (unpaired) electrons. The van der Waals surface area contributed by atoms with Gasteiger partial charge in [0.25, 0.3) is 0 Å². The second-order valence-electron chi connectivity index (χ2n) is 5.47. The minimum Gasteiger partial charge on any atom is -0.354 e. The number of rotatable bonds is 7. The quantitative estimate of drug-likeness (QED) is 0.749. The van der Waals surface area contributed by atoms with Gasteiger partial charge >= 0.3 is 0 Å². The number of hydrogen-bond acceptors (Lipinski definition) is 3. The van der Waals surface area contributed by atoms with Crippen LogP contribution < -0.4 is 11.1 Å². The standard InChI is InChI=1S/C14H28N2OS/c1-4-13(5-2,10-15)12(17)16-11-14(18-3)8-6-7-9-14/h4-11,15H2,1-3H3,(H,16,17). The van der Waals surface area contributed by atoms with Crippen molar-refractivity contribution in [3.05, 3.63) is 0 Å². The predicted molar refractivity (Wildman–Crippen MR) is 79.8 cm³/mol. The minimum absolute atomic E-state index is 0.148. The molecule has 18 heavy (non-hydrogen) atoms. The van der Waals surface area contributed by atoms with Gasteiger partial charge in [0.05, 0.1) is 5.41 Å². The normalized spacial score (nSPS) is 18.9. The first-order valence-electron chi connectivity index (χ1n) is 7.11. The van der Waals surface area contributed by atoms with Gasteiger partial charge in [-0.05, 0) is 31.9 Å². The van der Waals surface area contributed by atoms with Crippen molar-refractivity contribution in [1.29, 1.82) is 0 Å². The molecule has 3 N–H and O–H groups in total. The molecule has 0 aromatic rings. The van der Waals surface area contributed by atoms with Crippen LogP contribution in [0, 0.1) is 5.41 Å². The van der Waals surface area contributed by atoms with Crippen LogP contribution >= 0.6 is 11.8 Å². The SMILES string of the molecule is CCC(CC)(CN)C(=O)NCC1(SC)CCCC1. The van der Waals surface area contributed by atoms with Crippen molar-refractivity contribution in [1.82, 2.24) is 5.32 Å². The molecule has 1 aliphatic carbocycles. The number of hydrogen-bond donors (Lipinski definition) is 2. The molecule has 4 heteroatoms. The zero-order chi connectivity index (χ0) is 13.6. The summed E-state index contributed by atoms with van der Waals surface area (Å²) in [6.07, 6.45) is 8.83. The highest BCUT2D eigenvalue weighted by Gasteiger charge is 2.37. The van der Waals surface area contributed by atoms with E-state index in [1.807, 2.05) is 11.8 Å². The molecule has 0 bridgehead atoms. The Morgan fingerprint density at radius 1 is 1.33 bits per heavy atom. The molecular weight excluding hydrogens is 244 g/mol. The van der Waals surface area contributed by atoms with Gasteiger partial charge in [0.1, 0.15) is 0 Å². The van der Waals surface area contributed by atoms with Crippen LogP contribution in [0.25, 0.3) is 0 Å². The van der Waals surface area contributed by atoms with Crippen molar-refractivity contribution in [3.63, 3.8) is 0 Å². The van der Waals surface area contributed by atoms with Crippen molar-refractivity contribution in [3.8, 4) is 0 Å². The van der Waals surface area contributed by atoms with Crippen LogP contribution in [0.15, 0.2) is 0 Å². The molecule has 1 aliphatic rings. The molecule has 0 saturated heterocycles. The third kappa shape index (κ3) is 3.21. The summed E-state index contributed by atoms with van der Waals surface area (Å²) < 4.78 is 0.275. The zero-order valence-corrected chi connectivity index (χ0v) is 12.9. The molecule has 1 saturated carbocycles. The van der Waals surface area contributed by atoms with Gasteiger partial charge in [0, 0.05) is 17.8 Å². The Bertz CT molecular complexity index is 263. The van der Waals surface area contributed by atoms with Gasteiger partial charge in [-0.1, -0.05) is 26.7 Å². The van der Waals surface area contributed by atoms with Gasteiger partial charge in [-0.3, -0.25) is 4.79 Å². The van der Waals surface area contributed by atoms with Crippen molar-refractivity contribution in [2.45, 2.75) is 57.1 Å². The maximum atomic E-state index is 12.4. The molecule has 1 fully saturated rings. The van der Waals surface area contributed by atoms with Gasteiger partial charge in [-0.25, -0.2) is 0 Å². The van der Waals surface area contributed by atoms with E-state index in [1.165, 1.54) is 25.7 Å². The topological polar surface area (TPSA) is 55.1 Å². The lowest BCUT2D eigenvalue weighted by Crippen LogP contribution is -2.49. The van der Waals surface area contributed by atoms with E-state index in [-0.39, 0.29) is 16.1 Å². The first kappa shape index (κ1) is 15.8. The highest BCUT2D eigenvalue weighted by atomic mass is 32.2. The van der Waals surface area contributed by atoms with Crippen molar-refractivity contribution < 1.29 is 4.79 Å². The molecule has 106 valence electrons. The maximum absolute atomic E-state index is 12.4. The number of carbonyl (C=O) groups excluding carboxylic acids is 1. The molecule has 0 unspecified atom stereocenters. The monoisotopic (exact) mass is 272 g/mol. The number of thioether (sulfide) groups is 1. The average molecular weight is 272 g/mol. The van der Waals surface area contributed by atoms with E-state index >= 15 is 0 Å². The Morgan fingerprint density at radius 3 is 2.28 bits per heavy atom. The second kappa shape index (κ2) is 6.80. The third-order valence-corrected chi connectivity index (χ3v) is 6.16. The molecule has 3 nitrogen and oxygen atoms in total. The number of carbonyl (C=O) groups is 1. The highest BCUT2D eigenvalue weighted by molar-refractivity contribution is 8.00. The Balaban J connectivity index is 2.59. The van der Waals surface area contributed by atoms with Crippen molar-refractivity contribution in [2.24, 2.45) is 11.1 Å². The van der Waals surface area contributed by atoms with E-state index in [2.05, 4.69) is 25.4 Å². The summed E-state index contributed by atoms with van der Waals surface area (Å²) in [7, 11) is 0. The van der Waals surface area contributed by atoms with Gasteiger partial charge in [0.15, 0.2) is 0 Å². The lowest BCUT2D eigenvalue weighted by Gasteiger charge is -2.32. The Morgan fingerprint density at radius 2 is 1.89 bits per heavy atom. The number of amides is 1. The van der Waals surface area contributed by atoms with E-state index < -0.39 is 0 Å². The molecule has 0 heterocycles. The maximum Gasteiger partial charge on any atom is 0.227 e. The summed E-state index contributed by atoms with van der Waals surface area (Å²) in [4.78, 5) is 12.4. The zero-order valence-electron chi connectivity index (χ0n) is 12.1. The summed E-state index contributed by atoms with van der Waals surface area (Å²) in [5.41, 5.74) is 5.45. The van der Waals surface area contributed by atoms with Crippen LogP contribution in [0.4, 0.5) is 0 Å². The first-order chi connectivity index (χ1) is 8.58. The van der Waals surface area contributed by atoms with Gasteiger partial charge in [-0.15, -0.1) is 0 Å². The molecule has 0 aromatic heterocycles. The van der Waals surface area contributed by atoms with Crippen LogP contribution in [-0.4, -0.2) is 30.0 Å². The summed E-state index contributed by atoms with van der Waals surface area (Å²) in [6.45, 7) is 5.35. The van der Waals surface area contributed by atoms with Crippen LogP contribution in [0.5, 0.6) is 0 Å². The average Bonchev–Trinajstić information content (AvgIpc) is 2.88. The van der Waals surface area contributed by atoms with Gasteiger partial charge in [0.2, 0.25) is 5.91 Å². The largest absolute Gasteiger partial charge is 0.354 e. The van der Waals surface area contributed by atoms with Crippen LogP contribution in [-0.2, 0) is 4.79 Å². The van der Waals surface area contributed by atoms with Gasteiger partial charge in [-0.2, -0.15) is 11.8 Å². The van der Waals surface area contributed by atoms with Crippen LogP contribution in [0.3, 0.4) is 0 Å². The minimum atomic E-state index is -0.363. The first-order valence-corrected chi connectivity index (χ1v) is 8.34. The summed E-state index contributed by atoms with van der Waals surface area (Å²) in [5, 5.41) is 3.17. The predicted octanol–water partition coefficient (Wildman–Crippen LogP) is 2.54. The van der Waals surface area contributed by atoms with E-state index in [0.717, 1.165) is 19.4 Å². The van der Waals surface area contributed by atoms with Crippen LogP contribution in [0.2, 0.25) is 0 Å². The Hall–Kier alpha value is -0.220. The van der Waals surface area contributed by atoms with E-state index in [9.17, 15) is 4.79 Å². The molecule has 1 rings (SSSR count). The Kier molecular flexibility index (Phi) is 5.99. The summed E-state index contributed by atoms with van der Waals surface area (Å²) in [6, 6.07) is 0. The lowest BCUT2D eigenvalue weighted by atomic mass is 9.81. The van der Waals surface area contributed by atoms with Gasteiger partial charge < -0.3 is 11.1 Å². The smallest absolute Gasteiger partial charge is 0.227 e. The van der Waals surface area contributed by atoms with E-state index in [4.69, 9.17) is 5.73 Å². The van der Waals surface area contributed by atoms with Crippen molar-refractivity contribution >= 4 is 17.7 Å². The third-order valence-electron chi connectivity index (χ3n) is 4.74. The van der Waals surface area contributed by atoms with Crippen molar-refractivity contribution in [2.75, 3.05) is 19.3 Å². The van der Waals surface area contributed by atoms with E-state index in [0.29, 0.717) is 6.54 Å². The molecule has 1 amide bonds. The molecule has 0 atom stereocenters. The molecule has 0 spiro atoms. The number of nitrogens with one attached hydrogen (secondary N) is 1. The van der Waals surface area contributed by atoms with E-state index in [1.54, 1.807) is 0 Å². The number of nitrogens with two attached hydrogens (primary N) is 1. The lowest BCUT2D eigenvalue weighted by molar-refractivity contribution is -0.131.